The van der Waals surface area contributed by atoms with Gasteiger partial charge in [-0.2, -0.15) is 0 Å². The molecule has 22 heavy (non-hydrogen) atoms. The zero-order valence-corrected chi connectivity index (χ0v) is 13.1. The summed E-state index contributed by atoms with van der Waals surface area (Å²) in [5.74, 6) is -0.771. The molecule has 2 rings (SSSR count). The molecule has 0 unspecified atom stereocenters. The number of nitrogens with two attached hydrogens (primary N) is 1. The van der Waals surface area contributed by atoms with E-state index >= 15 is 0 Å². The summed E-state index contributed by atoms with van der Waals surface area (Å²) in [6.07, 6.45) is 0.596. The summed E-state index contributed by atoms with van der Waals surface area (Å²) in [7, 11) is 0. The van der Waals surface area contributed by atoms with Crippen molar-refractivity contribution >= 4 is 23.0 Å². The van der Waals surface area contributed by atoms with Crippen molar-refractivity contribution < 1.29 is 8.78 Å². The predicted molar refractivity (Wildman–Crippen MR) is 84.2 cm³/mol. The van der Waals surface area contributed by atoms with Crippen molar-refractivity contribution in [2.45, 2.75) is 26.2 Å². The third kappa shape index (κ3) is 4.45. The highest BCUT2D eigenvalue weighted by molar-refractivity contribution is 7.11. The van der Waals surface area contributed by atoms with E-state index in [-0.39, 0.29) is 11.6 Å². The molecule has 0 radical (unpaired) electrons. The van der Waals surface area contributed by atoms with E-state index in [4.69, 9.17) is 5.73 Å². The minimum absolute atomic E-state index is 0.0260. The zero-order chi connectivity index (χ0) is 16.1. The normalized spacial score (nSPS) is 12.0. The molecule has 0 fully saturated rings. The molecule has 0 aliphatic rings. The molecule has 3 N–H and O–H groups in total. The summed E-state index contributed by atoms with van der Waals surface area (Å²) in [5.41, 5.74) is 5.62. The standard InChI is InChI=1S/C14H17F2N5S/c1-8(2)13-21-20-12(22-13)5-6-18-14(17)19-11-7-9(15)3-4-10(11)16/h3-4,7-8H,5-6H2,1-2H3,(H3,17,18,19). The highest BCUT2D eigenvalue weighted by atomic mass is 32.1. The lowest BCUT2D eigenvalue weighted by Gasteiger charge is -2.06. The van der Waals surface area contributed by atoms with E-state index in [0.29, 0.717) is 18.9 Å². The minimum Gasteiger partial charge on any atom is -0.370 e. The molecule has 8 heteroatoms. The van der Waals surface area contributed by atoms with E-state index in [1.165, 1.54) is 11.3 Å². The zero-order valence-electron chi connectivity index (χ0n) is 12.3. The highest BCUT2D eigenvalue weighted by Gasteiger charge is 2.08. The summed E-state index contributed by atoms with van der Waals surface area (Å²) >= 11 is 1.54. The van der Waals surface area contributed by atoms with Gasteiger partial charge in [0, 0.05) is 24.9 Å². The highest BCUT2D eigenvalue weighted by Crippen LogP contribution is 2.19. The van der Waals surface area contributed by atoms with Gasteiger partial charge in [0.15, 0.2) is 5.96 Å². The molecule has 1 aromatic heterocycles. The van der Waals surface area contributed by atoms with Crippen LogP contribution in [-0.2, 0) is 6.42 Å². The number of benzene rings is 1. The molecular formula is C14H17F2N5S. The number of aliphatic imine (C=N–C) groups is 1. The number of nitrogens with zero attached hydrogens (tertiary/aromatic N) is 3. The Labute approximate surface area is 131 Å². The Hall–Kier alpha value is -2.09. The van der Waals surface area contributed by atoms with Crippen LogP contribution in [0.5, 0.6) is 0 Å². The second-order valence-electron chi connectivity index (χ2n) is 4.95. The maximum Gasteiger partial charge on any atom is 0.193 e. The second-order valence-corrected chi connectivity index (χ2v) is 6.05. The van der Waals surface area contributed by atoms with Gasteiger partial charge < -0.3 is 11.1 Å². The van der Waals surface area contributed by atoms with Crippen LogP contribution in [0, 0.1) is 11.6 Å². The van der Waals surface area contributed by atoms with Gasteiger partial charge in [0.05, 0.1) is 5.69 Å². The number of guanidine groups is 1. The molecule has 0 bridgehead atoms. The summed E-state index contributed by atoms with van der Waals surface area (Å²) in [6.45, 7) is 4.50. The Kier molecular flexibility index (Phi) is 5.37. The topological polar surface area (TPSA) is 76.2 Å². The molecule has 0 saturated carbocycles. The third-order valence-electron chi connectivity index (χ3n) is 2.78. The van der Waals surface area contributed by atoms with Gasteiger partial charge in [0.2, 0.25) is 0 Å². The van der Waals surface area contributed by atoms with Gasteiger partial charge in [0.25, 0.3) is 0 Å². The molecule has 0 aliphatic carbocycles. The van der Waals surface area contributed by atoms with Crippen molar-refractivity contribution in [2.24, 2.45) is 10.7 Å². The van der Waals surface area contributed by atoms with E-state index in [9.17, 15) is 8.78 Å². The maximum absolute atomic E-state index is 13.4. The van der Waals surface area contributed by atoms with Crippen molar-refractivity contribution in [1.82, 2.24) is 10.2 Å². The van der Waals surface area contributed by atoms with Crippen LogP contribution >= 0.6 is 11.3 Å². The fourth-order valence-corrected chi connectivity index (χ4v) is 2.48. The lowest BCUT2D eigenvalue weighted by molar-refractivity contribution is 0.604. The fraction of sp³-hybridized carbons (Fsp3) is 0.357. The number of aromatic nitrogens is 2. The van der Waals surface area contributed by atoms with E-state index < -0.39 is 11.6 Å². The largest absolute Gasteiger partial charge is 0.370 e. The van der Waals surface area contributed by atoms with E-state index in [1.807, 2.05) is 0 Å². The van der Waals surface area contributed by atoms with Gasteiger partial charge >= 0.3 is 0 Å². The molecule has 0 saturated heterocycles. The molecule has 1 heterocycles. The first-order valence-corrected chi connectivity index (χ1v) is 7.61. The summed E-state index contributed by atoms with van der Waals surface area (Å²) in [5, 5.41) is 12.5. The molecular weight excluding hydrogens is 308 g/mol. The monoisotopic (exact) mass is 325 g/mol. The van der Waals surface area contributed by atoms with Crippen molar-refractivity contribution in [1.29, 1.82) is 0 Å². The van der Waals surface area contributed by atoms with Crippen LogP contribution < -0.4 is 11.1 Å². The van der Waals surface area contributed by atoms with Crippen LogP contribution in [0.4, 0.5) is 14.5 Å². The maximum atomic E-state index is 13.4. The average molecular weight is 325 g/mol. The quantitative estimate of drug-likeness (QED) is 0.654. The van der Waals surface area contributed by atoms with Crippen LogP contribution in [-0.4, -0.2) is 22.7 Å². The van der Waals surface area contributed by atoms with E-state index in [2.05, 4.69) is 34.4 Å². The van der Waals surface area contributed by atoms with Crippen molar-refractivity contribution in [3.63, 3.8) is 0 Å². The molecule has 0 atom stereocenters. The van der Waals surface area contributed by atoms with Crippen LogP contribution in [0.25, 0.3) is 0 Å². The van der Waals surface area contributed by atoms with Gasteiger partial charge in [-0.15, -0.1) is 21.5 Å². The number of hydrogen-bond donors (Lipinski definition) is 2. The van der Waals surface area contributed by atoms with Crippen molar-refractivity contribution in [3.8, 4) is 0 Å². The smallest absolute Gasteiger partial charge is 0.193 e. The molecule has 0 aliphatic heterocycles. The van der Waals surface area contributed by atoms with Crippen LogP contribution in [0.3, 0.4) is 0 Å². The first kappa shape index (κ1) is 16.3. The summed E-state index contributed by atoms with van der Waals surface area (Å²) < 4.78 is 26.5. The van der Waals surface area contributed by atoms with Gasteiger partial charge in [-0.25, -0.2) is 8.78 Å². The van der Waals surface area contributed by atoms with Gasteiger partial charge in [-0.1, -0.05) is 13.8 Å². The Bertz CT molecular complexity index is 669. The molecule has 1 aromatic carbocycles. The molecule has 0 amide bonds. The Morgan fingerprint density at radius 1 is 1.36 bits per heavy atom. The lowest BCUT2D eigenvalue weighted by atomic mass is 10.2. The van der Waals surface area contributed by atoms with E-state index in [1.54, 1.807) is 0 Å². The minimum atomic E-state index is -0.592. The van der Waals surface area contributed by atoms with E-state index in [0.717, 1.165) is 28.2 Å². The first-order valence-electron chi connectivity index (χ1n) is 6.80. The first-order chi connectivity index (χ1) is 10.5. The van der Waals surface area contributed by atoms with Crippen molar-refractivity contribution in [2.75, 3.05) is 11.9 Å². The van der Waals surface area contributed by atoms with Crippen LogP contribution in [0.2, 0.25) is 0 Å². The SMILES string of the molecule is CC(C)c1nnc(CCN=C(N)Nc2cc(F)ccc2F)s1. The van der Waals surface area contributed by atoms with Crippen LogP contribution in [0.15, 0.2) is 23.2 Å². The van der Waals surface area contributed by atoms with Crippen LogP contribution in [0.1, 0.15) is 29.8 Å². The van der Waals surface area contributed by atoms with Gasteiger partial charge in [-0.3, -0.25) is 4.99 Å². The average Bonchev–Trinajstić information content (AvgIpc) is 2.92. The summed E-state index contributed by atoms with van der Waals surface area (Å²) in [4.78, 5) is 4.07. The molecule has 5 nitrogen and oxygen atoms in total. The molecule has 118 valence electrons. The molecule has 0 spiro atoms. The summed E-state index contributed by atoms with van der Waals surface area (Å²) in [6, 6.07) is 3.09. The second kappa shape index (κ2) is 7.26. The Balaban J connectivity index is 1.90. The van der Waals surface area contributed by atoms with Gasteiger partial charge in [-0.05, 0) is 12.1 Å². The predicted octanol–water partition coefficient (Wildman–Crippen LogP) is 2.91. The molecule has 2 aromatic rings. The number of rotatable bonds is 5. The number of nitrogens with one attached hydrogen (secondary N) is 1. The number of anilines is 1. The van der Waals surface area contributed by atoms with Crippen molar-refractivity contribution in [3.05, 3.63) is 39.8 Å². The number of hydrogen-bond acceptors (Lipinski definition) is 4. The third-order valence-corrected chi connectivity index (χ3v) is 4.06. The fourth-order valence-electron chi connectivity index (χ4n) is 1.64. The Morgan fingerprint density at radius 2 is 2.14 bits per heavy atom. The Morgan fingerprint density at radius 3 is 2.82 bits per heavy atom. The van der Waals surface area contributed by atoms with Gasteiger partial charge in [0.1, 0.15) is 21.6 Å². The lowest BCUT2D eigenvalue weighted by Crippen LogP contribution is -2.23. The number of halogens is 2.